The van der Waals surface area contributed by atoms with Gasteiger partial charge in [0.2, 0.25) is 5.88 Å². The Morgan fingerprint density at radius 1 is 1.47 bits per heavy atom. The molecule has 102 valence electrons. The molecule has 0 bridgehead atoms. The number of carboxylic acids is 1. The van der Waals surface area contributed by atoms with E-state index in [0.29, 0.717) is 18.5 Å². The minimum absolute atomic E-state index is 0.224. The number of methoxy groups -OCH3 is 1. The van der Waals surface area contributed by atoms with E-state index in [1.54, 1.807) is 12.1 Å². The largest absolute Gasteiger partial charge is 0.480 e. The zero-order valence-corrected chi connectivity index (χ0v) is 10.7. The molecule has 2 rings (SSSR count). The number of hydrogen-bond donors (Lipinski definition) is 1. The molecule has 0 saturated carbocycles. The van der Waals surface area contributed by atoms with E-state index in [1.807, 2.05) is 0 Å². The van der Waals surface area contributed by atoms with Gasteiger partial charge in [0.15, 0.2) is 0 Å². The average molecular weight is 264 g/mol. The fraction of sp³-hybridized carbons (Fsp3) is 0.462. The number of likely N-dealkylation sites (tertiary alicyclic amines) is 1. The Bertz CT molecular complexity index is 489. The van der Waals surface area contributed by atoms with Crippen LogP contribution in [0.1, 0.15) is 29.6 Å². The normalized spacial score (nSPS) is 19.0. The van der Waals surface area contributed by atoms with E-state index in [-0.39, 0.29) is 11.8 Å². The maximum absolute atomic E-state index is 12.4. The van der Waals surface area contributed by atoms with Crippen molar-refractivity contribution in [2.75, 3.05) is 13.7 Å². The molecule has 1 aromatic heterocycles. The first kappa shape index (κ1) is 13.3. The van der Waals surface area contributed by atoms with Crippen molar-refractivity contribution in [3.8, 4) is 5.88 Å². The highest BCUT2D eigenvalue weighted by Gasteiger charge is 2.33. The maximum Gasteiger partial charge on any atom is 0.326 e. The summed E-state index contributed by atoms with van der Waals surface area (Å²) in [7, 11) is 1.43. The number of aliphatic carboxylic acids is 1. The van der Waals surface area contributed by atoms with Crippen LogP contribution in [0.2, 0.25) is 0 Å². The van der Waals surface area contributed by atoms with Gasteiger partial charge in [0, 0.05) is 12.7 Å². The van der Waals surface area contributed by atoms with Crippen molar-refractivity contribution in [2.45, 2.75) is 25.3 Å². The van der Waals surface area contributed by atoms with E-state index in [4.69, 9.17) is 4.74 Å². The zero-order chi connectivity index (χ0) is 13.8. The zero-order valence-electron chi connectivity index (χ0n) is 10.7. The van der Waals surface area contributed by atoms with E-state index >= 15 is 0 Å². The molecule has 1 fully saturated rings. The third-order valence-corrected chi connectivity index (χ3v) is 3.24. The molecular weight excluding hydrogens is 248 g/mol. The number of nitrogens with zero attached hydrogens (tertiary/aromatic N) is 2. The first-order chi connectivity index (χ1) is 9.15. The predicted molar refractivity (Wildman–Crippen MR) is 67.1 cm³/mol. The minimum Gasteiger partial charge on any atom is -0.480 e. The van der Waals surface area contributed by atoms with E-state index < -0.39 is 12.0 Å². The lowest BCUT2D eigenvalue weighted by Crippen LogP contribution is -2.48. The Kier molecular flexibility index (Phi) is 3.99. The van der Waals surface area contributed by atoms with Crippen molar-refractivity contribution in [1.82, 2.24) is 9.88 Å². The van der Waals surface area contributed by atoms with Crippen LogP contribution in [0.3, 0.4) is 0 Å². The van der Waals surface area contributed by atoms with Gasteiger partial charge in [-0.2, -0.15) is 0 Å². The number of ether oxygens (including phenoxy) is 1. The van der Waals surface area contributed by atoms with Crippen LogP contribution >= 0.6 is 0 Å². The Hall–Kier alpha value is -2.11. The summed E-state index contributed by atoms with van der Waals surface area (Å²) < 4.78 is 5.05. The molecule has 0 unspecified atom stereocenters. The van der Waals surface area contributed by atoms with E-state index in [2.05, 4.69) is 4.98 Å². The van der Waals surface area contributed by atoms with Crippen LogP contribution in [0.5, 0.6) is 5.88 Å². The van der Waals surface area contributed by atoms with Crippen molar-refractivity contribution < 1.29 is 19.4 Å². The first-order valence-corrected chi connectivity index (χ1v) is 6.18. The fourth-order valence-electron chi connectivity index (χ4n) is 2.30. The number of carbonyl (C=O) groups is 2. The van der Waals surface area contributed by atoms with Gasteiger partial charge >= 0.3 is 5.97 Å². The molecular formula is C13H16N2O4. The number of amides is 1. The highest BCUT2D eigenvalue weighted by Crippen LogP contribution is 2.23. The highest BCUT2D eigenvalue weighted by molar-refractivity contribution is 5.98. The lowest BCUT2D eigenvalue weighted by molar-refractivity contribution is -0.143. The lowest BCUT2D eigenvalue weighted by atomic mass is 10.0. The highest BCUT2D eigenvalue weighted by atomic mass is 16.5. The molecule has 1 aliphatic rings. The molecule has 0 aliphatic carbocycles. The summed E-state index contributed by atoms with van der Waals surface area (Å²) in [5.74, 6) is -1.07. The molecule has 0 aromatic carbocycles. The number of pyridine rings is 1. The number of carboxylic acid groups (broad SMARTS) is 1. The SMILES string of the molecule is COc1ncccc1C(=O)N1CCCC[C@H]1C(=O)O. The second-order valence-corrected chi connectivity index (χ2v) is 4.41. The lowest BCUT2D eigenvalue weighted by Gasteiger charge is -2.33. The molecule has 0 radical (unpaired) electrons. The van der Waals surface area contributed by atoms with Crippen LogP contribution in [0.25, 0.3) is 0 Å². The molecule has 1 saturated heterocycles. The summed E-state index contributed by atoms with van der Waals surface area (Å²) in [6, 6.07) is 2.48. The molecule has 1 aliphatic heterocycles. The third-order valence-electron chi connectivity index (χ3n) is 3.24. The number of carbonyl (C=O) groups excluding carboxylic acids is 1. The summed E-state index contributed by atoms with van der Waals surface area (Å²) >= 11 is 0. The van der Waals surface area contributed by atoms with E-state index in [1.165, 1.54) is 18.2 Å². The summed E-state index contributed by atoms with van der Waals surface area (Å²) in [5.41, 5.74) is 0.304. The number of aromatic nitrogens is 1. The maximum atomic E-state index is 12.4. The van der Waals surface area contributed by atoms with Crippen molar-refractivity contribution >= 4 is 11.9 Å². The molecule has 2 heterocycles. The molecule has 6 heteroatoms. The third kappa shape index (κ3) is 2.67. The van der Waals surface area contributed by atoms with Gasteiger partial charge in [-0.05, 0) is 31.4 Å². The van der Waals surface area contributed by atoms with Gasteiger partial charge in [0.1, 0.15) is 11.6 Å². The predicted octanol–water partition coefficient (Wildman–Crippen LogP) is 1.17. The number of rotatable bonds is 3. The van der Waals surface area contributed by atoms with Crippen LogP contribution in [0, 0.1) is 0 Å². The molecule has 1 N–H and O–H groups in total. The van der Waals surface area contributed by atoms with Gasteiger partial charge in [0.25, 0.3) is 5.91 Å². The monoisotopic (exact) mass is 264 g/mol. The van der Waals surface area contributed by atoms with Crippen molar-refractivity contribution in [2.24, 2.45) is 0 Å². The van der Waals surface area contributed by atoms with Crippen molar-refractivity contribution in [3.05, 3.63) is 23.9 Å². The van der Waals surface area contributed by atoms with Crippen molar-refractivity contribution in [3.63, 3.8) is 0 Å². The summed E-state index contributed by atoms with van der Waals surface area (Å²) in [5, 5.41) is 9.19. The Labute approximate surface area is 111 Å². The number of hydrogen-bond acceptors (Lipinski definition) is 4. The van der Waals surface area contributed by atoms with Crippen molar-refractivity contribution in [1.29, 1.82) is 0 Å². The van der Waals surface area contributed by atoms with Gasteiger partial charge in [0.05, 0.1) is 7.11 Å². The second kappa shape index (κ2) is 5.69. The standard InChI is InChI=1S/C13H16N2O4/c1-19-11-9(5-4-7-14-11)12(16)15-8-3-2-6-10(15)13(17)18/h4-5,7,10H,2-3,6,8H2,1H3,(H,17,18)/t10-/m0/s1. The number of piperidine rings is 1. The second-order valence-electron chi connectivity index (χ2n) is 4.41. The summed E-state index contributed by atoms with van der Waals surface area (Å²) in [6.45, 7) is 0.452. The van der Waals surface area contributed by atoms with Gasteiger partial charge in [-0.15, -0.1) is 0 Å². The Balaban J connectivity index is 2.29. The van der Waals surface area contributed by atoms with Gasteiger partial charge in [-0.1, -0.05) is 0 Å². The van der Waals surface area contributed by atoms with Crippen LogP contribution in [0.15, 0.2) is 18.3 Å². The van der Waals surface area contributed by atoms with Gasteiger partial charge in [-0.25, -0.2) is 9.78 Å². The Morgan fingerprint density at radius 3 is 2.95 bits per heavy atom. The van der Waals surface area contributed by atoms with E-state index in [0.717, 1.165) is 12.8 Å². The minimum atomic E-state index is -0.962. The summed E-state index contributed by atoms with van der Waals surface area (Å²) in [4.78, 5) is 29.0. The molecule has 6 nitrogen and oxygen atoms in total. The average Bonchev–Trinajstić information content (AvgIpc) is 2.46. The quantitative estimate of drug-likeness (QED) is 0.886. The van der Waals surface area contributed by atoms with Crippen LogP contribution in [-0.2, 0) is 4.79 Å². The van der Waals surface area contributed by atoms with Crippen LogP contribution in [-0.4, -0.2) is 46.6 Å². The molecule has 19 heavy (non-hydrogen) atoms. The fourth-order valence-corrected chi connectivity index (χ4v) is 2.30. The van der Waals surface area contributed by atoms with Gasteiger partial charge in [-0.3, -0.25) is 4.79 Å². The molecule has 1 atom stereocenters. The topological polar surface area (TPSA) is 79.7 Å². The smallest absolute Gasteiger partial charge is 0.326 e. The van der Waals surface area contributed by atoms with Crippen LogP contribution < -0.4 is 4.74 Å². The van der Waals surface area contributed by atoms with Gasteiger partial charge < -0.3 is 14.7 Å². The first-order valence-electron chi connectivity index (χ1n) is 6.18. The van der Waals surface area contributed by atoms with Crippen LogP contribution in [0.4, 0.5) is 0 Å². The molecule has 0 spiro atoms. The molecule has 1 amide bonds. The molecule has 1 aromatic rings. The summed E-state index contributed by atoms with van der Waals surface area (Å²) in [6.07, 6.45) is 3.66. The van der Waals surface area contributed by atoms with E-state index in [9.17, 15) is 14.7 Å². The Morgan fingerprint density at radius 2 is 2.26 bits per heavy atom.